The van der Waals surface area contributed by atoms with Crippen molar-refractivity contribution < 1.29 is 5.11 Å². The minimum atomic E-state index is -0.186. The van der Waals surface area contributed by atoms with E-state index in [0.29, 0.717) is 5.92 Å². The number of halogens is 1. The van der Waals surface area contributed by atoms with Crippen LogP contribution in [0.2, 0.25) is 5.02 Å². The fraction of sp³-hybridized carbons (Fsp3) is 0.786. The second-order valence-corrected chi connectivity index (χ2v) is 5.89. The lowest BCUT2D eigenvalue weighted by Crippen LogP contribution is -2.37. The first-order valence-corrected chi connectivity index (χ1v) is 7.53. The number of aromatic nitrogens is 2. The van der Waals surface area contributed by atoms with Gasteiger partial charge in [-0.15, -0.1) is 0 Å². The summed E-state index contributed by atoms with van der Waals surface area (Å²) in [6, 6.07) is 0. The lowest BCUT2D eigenvalue weighted by Gasteiger charge is -2.33. The maximum atomic E-state index is 9.63. The largest absolute Gasteiger partial charge is 0.393 e. The molecule has 2 rings (SSSR count). The third-order valence-corrected chi connectivity index (χ3v) is 4.63. The van der Waals surface area contributed by atoms with Crippen molar-refractivity contribution in [1.29, 1.82) is 0 Å². The van der Waals surface area contributed by atoms with Gasteiger partial charge < -0.3 is 5.11 Å². The smallest absolute Gasteiger partial charge is 0.0860 e. The lowest BCUT2D eigenvalue weighted by molar-refractivity contribution is 0.0687. The Hall–Kier alpha value is -0.580. The molecule has 1 aliphatic heterocycles. The van der Waals surface area contributed by atoms with Crippen LogP contribution < -0.4 is 0 Å². The van der Waals surface area contributed by atoms with E-state index in [1.807, 2.05) is 18.5 Å². The molecule has 1 aromatic rings. The van der Waals surface area contributed by atoms with Gasteiger partial charge in [0.05, 0.1) is 22.5 Å². The Morgan fingerprint density at radius 3 is 2.58 bits per heavy atom. The fourth-order valence-corrected chi connectivity index (χ4v) is 3.02. The number of hydrogen-bond acceptors (Lipinski definition) is 3. The highest BCUT2D eigenvalue weighted by Gasteiger charge is 2.24. The number of aliphatic hydroxyl groups excluding tert-OH is 1. The predicted octanol–water partition coefficient (Wildman–Crippen LogP) is 2.46. The molecule has 1 atom stereocenters. The number of rotatable bonds is 4. The van der Waals surface area contributed by atoms with Crippen molar-refractivity contribution in [3.8, 4) is 0 Å². The maximum Gasteiger partial charge on any atom is 0.0860 e. The van der Waals surface area contributed by atoms with Gasteiger partial charge >= 0.3 is 0 Å². The molecule has 1 aromatic heterocycles. The van der Waals surface area contributed by atoms with Gasteiger partial charge in [0.25, 0.3) is 0 Å². The number of aliphatic hydroxyl groups is 1. The van der Waals surface area contributed by atoms with Crippen LogP contribution >= 0.6 is 11.6 Å². The van der Waals surface area contributed by atoms with Crippen LogP contribution in [0.15, 0.2) is 0 Å². The van der Waals surface area contributed by atoms with Gasteiger partial charge in [0.15, 0.2) is 0 Å². The van der Waals surface area contributed by atoms with E-state index in [9.17, 15) is 5.11 Å². The third-order valence-electron chi connectivity index (χ3n) is 4.14. The van der Waals surface area contributed by atoms with Gasteiger partial charge in [-0.2, -0.15) is 5.10 Å². The Kier molecular flexibility index (Phi) is 4.87. The first-order chi connectivity index (χ1) is 9.02. The summed E-state index contributed by atoms with van der Waals surface area (Å²) in [7, 11) is 0. The topological polar surface area (TPSA) is 41.3 Å². The zero-order chi connectivity index (χ0) is 14.0. The summed E-state index contributed by atoms with van der Waals surface area (Å²) < 4.78 is 2.00. The normalized spacial score (nSPS) is 19.8. The SMILES string of the molecule is CCn1nc(C)c(Cl)c1CN1CCC(C(C)O)CC1. The lowest BCUT2D eigenvalue weighted by atomic mass is 9.92. The standard InChI is InChI=1S/C14H24ClN3O/c1-4-18-13(14(15)10(2)16-18)9-17-7-5-12(6-8-17)11(3)19/h11-12,19H,4-9H2,1-3H3. The van der Waals surface area contributed by atoms with Crippen molar-refractivity contribution in [3.63, 3.8) is 0 Å². The molecule has 108 valence electrons. The molecule has 19 heavy (non-hydrogen) atoms. The van der Waals surface area contributed by atoms with E-state index >= 15 is 0 Å². The second-order valence-electron chi connectivity index (χ2n) is 5.52. The van der Waals surface area contributed by atoms with Gasteiger partial charge in [0, 0.05) is 13.1 Å². The summed E-state index contributed by atoms with van der Waals surface area (Å²) in [5.74, 6) is 0.449. The molecule has 0 saturated carbocycles. The first-order valence-electron chi connectivity index (χ1n) is 7.15. The van der Waals surface area contributed by atoms with E-state index in [1.165, 1.54) is 0 Å². The van der Waals surface area contributed by atoms with E-state index in [1.54, 1.807) is 0 Å². The van der Waals surface area contributed by atoms with Crippen LogP contribution in [-0.2, 0) is 13.1 Å². The molecule has 0 spiro atoms. The van der Waals surface area contributed by atoms with Crippen LogP contribution in [-0.4, -0.2) is 39.0 Å². The van der Waals surface area contributed by atoms with Crippen molar-refractivity contribution in [3.05, 3.63) is 16.4 Å². The number of hydrogen-bond donors (Lipinski definition) is 1. The molecule has 2 heterocycles. The molecular formula is C14H24ClN3O. The van der Waals surface area contributed by atoms with Gasteiger partial charge in [-0.25, -0.2) is 0 Å². The molecule has 1 unspecified atom stereocenters. The quantitative estimate of drug-likeness (QED) is 0.924. The van der Waals surface area contributed by atoms with Gasteiger partial charge in [0.1, 0.15) is 0 Å². The van der Waals surface area contributed by atoms with E-state index in [2.05, 4.69) is 16.9 Å². The highest BCUT2D eigenvalue weighted by atomic mass is 35.5. The molecule has 0 radical (unpaired) electrons. The van der Waals surface area contributed by atoms with Crippen LogP contribution in [0.3, 0.4) is 0 Å². The summed E-state index contributed by atoms with van der Waals surface area (Å²) in [5.41, 5.74) is 2.04. The first kappa shape index (κ1) is 14.8. The van der Waals surface area contributed by atoms with Crippen LogP contribution in [0, 0.1) is 12.8 Å². The molecule has 1 aliphatic rings. The zero-order valence-corrected chi connectivity index (χ0v) is 12.8. The van der Waals surface area contributed by atoms with Crippen molar-refractivity contribution in [2.24, 2.45) is 5.92 Å². The average Bonchev–Trinajstić information content (AvgIpc) is 2.67. The summed E-state index contributed by atoms with van der Waals surface area (Å²) in [5, 5.41) is 14.9. The van der Waals surface area contributed by atoms with Gasteiger partial charge in [-0.1, -0.05) is 11.6 Å². The second kappa shape index (κ2) is 6.25. The van der Waals surface area contributed by atoms with Gasteiger partial charge in [-0.05, 0) is 52.6 Å². The molecule has 1 N–H and O–H groups in total. The molecule has 5 heteroatoms. The summed E-state index contributed by atoms with van der Waals surface area (Å²) >= 11 is 6.34. The molecular weight excluding hydrogens is 262 g/mol. The van der Waals surface area contributed by atoms with E-state index in [-0.39, 0.29) is 6.10 Å². The minimum absolute atomic E-state index is 0.186. The Balaban J connectivity index is 1.99. The molecule has 1 saturated heterocycles. The van der Waals surface area contributed by atoms with E-state index < -0.39 is 0 Å². The summed E-state index contributed by atoms with van der Waals surface area (Å²) in [6.45, 7) is 9.71. The van der Waals surface area contributed by atoms with Crippen LogP contribution in [0.25, 0.3) is 0 Å². The Morgan fingerprint density at radius 2 is 2.05 bits per heavy atom. The van der Waals surface area contributed by atoms with E-state index in [4.69, 9.17) is 11.6 Å². The molecule has 0 aromatic carbocycles. The number of nitrogens with zero attached hydrogens (tertiary/aromatic N) is 3. The van der Waals surface area contributed by atoms with Crippen molar-refractivity contribution in [2.45, 2.75) is 52.8 Å². The highest BCUT2D eigenvalue weighted by Crippen LogP contribution is 2.25. The third kappa shape index (κ3) is 3.30. The Morgan fingerprint density at radius 1 is 1.42 bits per heavy atom. The van der Waals surface area contributed by atoms with Gasteiger partial charge in [0.2, 0.25) is 0 Å². The molecule has 4 nitrogen and oxygen atoms in total. The summed E-state index contributed by atoms with van der Waals surface area (Å²) in [4.78, 5) is 2.41. The maximum absolute atomic E-state index is 9.63. The predicted molar refractivity (Wildman–Crippen MR) is 77.3 cm³/mol. The number of piperidine rings is 1. The number of aryl methyl sites for hydroxylation is 2. The average molecular weight is 286 g/mol. The molecule has 1 fully saturated rings. The van der Waals surface area contributed by atoms with Crippen LogP contribution in [0.4, 0.5) is 0 Å². The summed E-state index contributed by atoms with van der Waals surface area (Å²) in [6.07, 6.45) is 1.94. The number of likely N-dealkylation sites (tertiary alicyclic amines) is 1. The molecule has 0 amide bonds. The molecule has 0 bridgehead atoms. The van der Waals surface area contributed by atoms with Gasteiger partial charge in [-0.3, -0.25) is 9.58 Å². The monoisotopic (exact) mass is 285 g/mol. The van der Waals surface area contributed by atoms with Crippen LogP contribution in [0.5, 0.6) is 0 Å². The van der Waals surface area contributed by atoms with Crippen molar-refractivity contribution in [2.75, 3.05) is 13.1 Å². The minimum Gasteiger partial charge on any atom is -0.393 e. The highest BCUT2D eigenvalue weighted by molar-refractivity contribution is 6.31. The van der Waals surface area contributed by atoms with Crippen LogP contribution in [0.1, 0.15) is 38.1 Å². The Bertz CT molecular complexity index is 423. The van der Waals surface area contributed by atoms with Crippen molar-refractivity contribution >= 4 is 11.6 Å². The van der Waals surface area contributed by atoms with E-state index in [0.717, 1.165) is 55.4 Å². The zero-order valence-electron chi connectivity index (χ0n) is 12.1. The fourth-order valence-electron chi connectivity index (χ4n) is 2.83. The Labute approximate surface area is 120 Å². The molecule has 0 aliphatic carbocycles. The van der Waals surface area contributed by atoms with Crippen molar-refractivity contribution in [1.82, 2.24) is 14.7 Å².